The molecule has 6 nitrogen and oxygen atoms in total. The molecule has 2 amide bonds. The van der Waals surface area contributed by atoms with Gasteiger partial charge in [0.2, 0.25) is 0 Å². The summed E-state index contributed by atoms with van der Waals surface area (Å²) >= 11 is 0.911. The van der Waals surface area contributed by atoms with E-state index in [0.29, 0.717) is 10.5 Å². The maximum Gasteiger partial charge on any atom is 0.293 e. The number of fused-ring (bicyclic) bond motifs is 2. The molecule has 32 heavy (non-hydrogen) atoms. The first-order valence-electron chi connectivity index (χ1n) is 9.90. The summed E-state index contributed by atoms with van der Waals surface area (Å²) in [5.74, 6) is -0.365. The first-order valence-corrected chi connectivity index (χ1v) is 10.7. The molecule has 1 fully saturated rings. The molecule has 0 N–H and O–H groups in total. The number of rotatable bonds is 4. The predicted octanol–water partition coefficient (Wildman–Crippen LogP) is 6.14. The summed E-state index contributed by atoms with van der Waals surface area (Å²) in [5.41, 5.74) is 1.51. The number of benzene rings is 4. The van der Waals surface area contributed by atoms with Crippen molar-refractivity contribution >= 4 is 56.2 Å². The smallest absolute Gasteiger partial charge is 0.268 e. The molecule has 4 aromatic rings. The quantitative estimate of drug-likeness (QED) is 0.165. The third-order valence-electron chi connectivity index (χ3n) is 5.45. The molecule has 4 aromatic carbocycles. The Balaban J connectivity index is 1.52. The number of nitrogens with zero attached hydrogens (tertiary/aromatic N) is 2. The molecular weight excluding hydrogens is 424 g/mol. The van der Waals surface area contributed by atoms with E-state index in [2.05, 4.69) is 6.07 Å². The predicted molar refractivity (Wildman–Crippen MR) is 126 cm³/mol. The zero-order chi connectivity index (χ0) is 22.2. The molecule has 0 atom stereocenters. The molecule has 156 valence electrons. The summed E-state index contributed by atoms with van der Waals surface area (Å²) in [7, 11) is 0. The van der Waals surface area contributed by atoms with Crippen molar-refractivity contribution in [2.75, 3.05) is 0 Å². The second-order valence-electron chi connectivity index (χ2n) is 7.42. The van der Waals surface area contributed by atoms with Crippen LogP contribution in [0.25, 0.3) is 27.6 Å². The fourth-order valence-electron chi connectivity index (χ4n) is 3.88. The van der Waals surface area contributed by atoms with Gasteiger partial charge in [-0.05, 0) is 56.6 Å². The van der Waals surface area contributed by atoms with Crippen LogP contribution in [0.15, 0.2) is 83.8 Å². The maximum absolute atomic E-state index is 13.1. The monoisotopic (exact) mass is 440 g/mol. The van der Waals surface area contributed by atoms with Gasteiger partial charge in [0.1, 0.15) is 0 Å². The minimum Gasteiger partial charge on any atom is -0.268 e. The summed E-state index contributed by atoms with van der Waals surface area (Å²) < 4.78 is 0. The minimum absolute atomic E-state index is 0.0365. The Hall–Kier alpha value is -3.97. The molecule has 1 heterocycles. The number of imide groups is 1. The van der Waals surface area contributed by atoms with E-state index < -0.39 is 4.92 Å². The van der Waals surface area contributed by atoms with Gasteiger partial charge >= 0.3 is 0 Å². The zero-order valence-electron chi connectivity index (χ0n) is 16.7. The van der Waals surface area contributed by atoms with E-state index in [-0.39, 0.29) is 23.4 Å². The van der Waals surface area contributed by atoms with Crippen LogP contribution in [0.5, 0.6) is 0 Å². The van der Waals surface area contributed by atoms with E-state index in [1.807, 2.05) is 48.5 Å². The van der Waals surface area contributed by atoms with Crippen LogP contribution in [0.2, 0.25) is 0 Å². The van der Waals surface area contributed by atoms with E-state index in [4.69, 9.17) is 0 Å². The third kappa shape index (κ3) is 3.52. The number of carbonyl (C=O) groups is 2. The molecule has 0 bridgehead atoms. The fourth-order valence-corrected chi connectivity index (χ4v) is 4.70. The fraction of sp³-hybridized carbons (Fsp3) is 0.0400. The SMILES string of the molecule is O=C1S/C(=C/c2c3ccccc3cc3ccccc23)C(=O)N1Cc1ccc([N+](=O)[O-])cc1. The Labute approximate surface area is 187 Å². The first-order chi connectivity index (χ1) is 15.5. The van der Waals surface area contributed by atoms with Gasteiger partial charge in [0.15, 0.2) is 0 Å². The van der Waals surface area contributed by atoms with Crippen molar-refractivity contribution in [2.24, 2.45) is 0 Å². The van der Waals surface area contributed by atoms with Crippen LogP contribution >= 0.6 is 11.8 Å². The second kappa shape index (κ2) is 7.94. The topological polar surface area (TPSA) is 80.5 Å². The van der Waals surface area contributed by atoms with E-state index in [1.54, 1.807) is 18.2 Å². The maximum atomic E-state index is 13.1. The highest BCUT2D eigenvalue weighted by Crippen LogP contribution is 2.37. The van der Waals surface area contributed by atoms with E-state index >= 15 is 0 Å². The lowest BCUT2D eigenvalue weighted by Gasteiger charge is -2.12. The van der Waals surface area contributed by atoms with Gasteiger partial charge in [0.05, 0.1) is 16.4 Å². The Morgan fingerprint density at radius 2 is 1.47 bits per heavy atom. The molecule has 1 saturated heterocycles. The second-order valence-corrected chi connectivity index (χ2v) is 8.42. The molecule has 0 aromatic heterocycles. The highest BCUT2D eigenvalue weighted by atomic mass is 32.2. The van der Waals surface area contributed by atoms with Crippen molar-refractivity contribution in [2.45, 2.75) is 6.54 Å². The first kappa shape index (κ1) is 20.0. The van der Waals surface area contributed by atoms with Crippen molar-refractivity contribution in [3.63, 3.8) is 0 Å². The molecule has 1 aliphatic heterocycles. The molecular formula is C25H16N2O4S. The minimum atomic E-state index is -0.485. The van der Waals surface area contributed by atoms with Crippen molar-refractivity contribution in [3.05, 3.63) is 105 Å². The molecule has 0 aliphatic carbocycles. The molecule has 0 saturated carbocycles. The van der Waals surface area contributed by atoms with Gasteiger partial charge in [-0.25, -0.2) is 0 Å². The van der Waals surface area contributed by atoms with Crippen molar-refractivity contribution in [1.82, 2.24) is 4.90 Å². The number of nitro benzene ring substituents is 1. The van der Waals surface area contributed by atoms with Crippen LogP contribution in [-0.2, 0) is 11.3 Å². The number of nitro groups is 1. The average Bonchev–Trinajstić information content (AvgIpc) is 3.06. The van der Waals surface area contributed by atoms with Gasteiger partial charge in [0.25, 0.3) is 16.8 Å². The normalized spacial score (nSPS) is 15.2. The van der Waals surface area contributed by atoms with Crippen molar-refractivity contribution in [3.8, 4) is 0 Å². The van der Waals surface area contributed by atoms with Gasteiger partial charge in [0, 0.05) is 12.1 Å². The number of non-ortho nitro benzene ring substituents is 1. The van der Waals surface area contributed by atoms with Gasteiger partial charge in [-0.15, -0.1) is 0 Å². The largest absolute Gasteiger partial charge is 0.293 e. The number of thioether (sulfide) groups is 1. The molecule has 1 aliphatic rings. The summed E-state index contributed by atoms with van der Waals surface area (Å²) in [6.45, 7) is 0.0658. The molecule has 7 heteroatoms. The van der Waals surface area contributed by atoms with Crippen LogP contribution in [-0.4, -0.2) is 21.0 Å². The number of hydrogen-bond acceptors (Lipinski definition) is 5. The van der Waals surface area contributed by atoms with Crippen LogP contribution in [0.4, 0.5) is 10.5 Å². The highest BCUT2D eigenvalue weighted by molar-refractivity contribution is 8.18. The molecule has 0 radical (unpaired) electrons. The van der Waals surface area contributed by atoms with Gasteiger partial charge in [-0.2, -0.15) is 0 Å². The Bertz CT molecular complexity index is 1390. The van der Waals surface area contributed by atoms with Gasteiger partial charge in [-0.3, -0.25) is 24.6 Å². The standard InChI is InChI=1S/C25H16N2O4S/c28-24-23(32-25(29)26(24)15-16-9-11-19(12-10-16)27(30)31)14-22-20-7-3-1-5-17(20)13-18-6-2-4-8-21(18)22/h1-14H,15H2/b23-14+. The van der Waals surface area contributed by atoms with Crippen LogP contribution in [0.1, 0.15) is 11.1 Å². The Morgan fingerprint density at radius 3 is 2.06 bits per heavy atom. The Kier molecular flexibility index (Phi) is 4.95. The van der Waals surface area contributed by atoms with Crippen molar-refractivity contribution in [1.29, 1.82) is 0 Å². The lowest BCUT2D eigenvalue weighted by molar-refractivity contribution is -0.384. The summed E-state index contributed by atoms with van der Waals surface area (Å²) in [4.78, 5) is 37.6. The number of hydrogen-bond donors (Lipinski definition) is 0. The number of amides is 2. The van der Waals surface area contributed by atoms with Gasteiger partial charge in [-0.1, -0.05) is 60.7 Å². The van der Waals surface area contributed by atoms with E-state index in [9.17, 15) is 19.7 Å². The van der Waals surface area contributed by atoms with Crippen LogP contribution < -0.4 is 0 Å². The van der Waals surface area contributed by atoms with Gasteiger partial charge < -0.3 is 0 Å². The lowest BCUT2D eigenvalue weighted by atomic mass is 9.96. The summed E-state index contributed by atoms with van der Waals surface area (Å²) in [5, 5.41) is 14.6. The van der Waals surface area contributed by atoms with Crippen LogP contribution in [0, 0.1) is 10.1 Å². The lowest BCUT2D eigenvalue weighted by Crippen LogP contribution is -2.27. The third-order valence-corrected chi connectivity index (χ3v) is 6.36. The zero-order valence-corrected chi connectivity index (χ0v) is 17.5. The Morgan fingerprint density at radius 1 is 0.875 bits per heavy atom. The molecule has 0 spiro atoms. The van der Waals surface area contributed by atoms with Crippen LogP contribution in [0.3, 0.4) is 0 Å². The highest BCUT2D eigenvalue weighted by Gasteiger charge is 2.35. The number of carbonyl (C=O) groups excluding carboxylic acids is 2. The molecule has 5 rings (SSSR count). The summed E-state index contributed by atoms with van der Waals surface area (Å²) in [6.07, 6.45) is 1.80. The molecule has 0 unspecified atom stereocenters. The van der Waals surface area contributed by atoms with E-state index in [1.165, 1.54) is 17.0 Å². The summed E-state index contributed by atoms with van der Waals surface area (Å²) in [6, 6.07) is 23.9. The average molecular weight is 440 g/mol. The van der Waals surface area contributed by atoms with E-state index in [0.717, 1.165) is 38.9 Å². The van der Waals surface area contributed by atoms with Crippen molar-refractivity contribution < 1.29 is 14.5 Å².